The van der Waals surface area contributed by atoms with Crippen molar-refractivity contribution in [2.24, 2.45) is 29.1 Å². The van der Waals surface area contributed by atoms with E-state index in [0.29, 0.717) is 55.1 Å². The number of hydrogen-bond acceptors (Lipinski definition) is 4. The second-order valence-corrected chi connectivity index (χ2v) is 13.8. The van der Waals surface area contributed by atoms with Gasteiger partial charge in [-0.1, -0.05) is 119 Å². The second-order valence-electron chi connectivity index (χ2n) is 13.8. The zero-order valence-electron chi connectivity index (χ0n) is 27.3. The number of carbonyl (C=O) groups is 3. The fourth-order valence-corrected chi connectivity index (χ4v) is 6.37. The first-order valence-electron chi connectivity index (χ1n) is 16.8. The van der Waals surface area contributed by atoms with Crippen molar-refractivity contribution in [3.05, 3.63) is 11.1 Å². The zero-order chi connectivity index (χ0) is 30.8. The number of ether oxygens (including phenoxy) is 1. The summed E-state index contributed by atoms with van der Waals surface area (Å²) >= 11 is 0. The molecule has 2 unspecified atom stereocenters. The Bertz CT molecular complexity index is 811. The van der Waals surface area contributed by atoms with Crippen molar-refractivity contribution < 1.29 is 29.3 Å². The highest BCUT2D eigenvalue weighted by molar-refractivity contribution is 5.94. The predicted octanol–water partition coefficient (Wildman–Crippen LogP) is 9.60. The van der Waals surface area contributed by atoms with Crippen LogP contribution in [0.5, 0.6) is 0 Å². The van der Waals surface area contributed by atoms with Gasteiger partial charge in [-0.2, -0.15) is 0 Å². The number of unbranched alkanes of at least 4 members (excludes halogenated alkanes) is 8. The van der Waals surface area contributed by atoms with E-state index in [1.165, 1.54) is 25.7 Å². The Kier molecular flexibility index (Phi) is 18.2. The maximum atomic E-state index is 13.6. The van der Waals surface area contributed by atoms with Crippen LogP contribution in [0.4, 0.5) is 0 Å². The van der Waals surface area contributed by atoms with Gasteiger partial charge >= 0.3 is 17.9 Å². The lowest BCUT2D eigenvalue weighted by atomic mass is 9.60. The van der Waals surface area contributed by atoms with Crippen molar-refractivity contribution in [2.45, 2.75) is 157 Å². The highest BCUT2D eigenvalue weighted by Gasteiger charge is 2.54. The monoisotopic (exact) mass is 578 g/mol. The van der Waals surface area contributed by atoms with Crippen LogP contribution in [-0.2, 0) is 19.1 Å². The van der Waals surface area contributed by atoms with E-state index in [0.717, 1.165) is 51.4 Å². The van der Waals surface area contributed by atoms with E-state index in [1.807, 2.05) is 13.8 Å². The van der Waals surface area contributed by atoms with Crippen molar-refractivity contribution in [3.8, 4) is 0 Å². The largest absolute Gasteiger partial charge is 0.481 e. The molecule has 1 aliphatic rings. The van der Waals surface area contributed by atoms with E-state index in [9.17, 15) is 24.6 Å². The third kappa shape index (κ3) is 13.3. The van der Waals surface area contributed by atoms with Gasteiger partial charge in [0.1, 0.15) is 5.41 Å². The molecule has 1 aliphatic carbocycles. The molecule has 0 amide bonds. The number of aliphatic carboxylic acids is 2. The van der Waals surface area contributed by atoms with Gasteiger partial charge in [-0.25, -0.2) is 4.79 Å². The molecule has 6 heteroatoms. The number of hydrogen-bond donors (Lipinski definition) is 2. The van der Waals surface area contributed by atoms with Crippen LogP contribution >= 0.6 is 0 Å². The highest BCUT2D eigenvalue weighted by Crippen LogP contribution is 2.50. The maximum Gasteiger partial charge on any atom is 0.333 e. The van der Waals surface area contributed by atoms with Crippen LogP contribution < -0.4 is 0 Å². The molecule has 0 aromatic rings. The van der Waals surface area contributed by atoms with Gasteiger partial charge in [0.15, 0.2) is 0 Å². The lowest BCUT2D eigenvalue weighted by molar-refractivity contribution is -0.163. The third-order valence-corrected chi connectivity index (χ3v) is 8.70. The predicted molar refractivity (Wildman–Crippen MR) is 167 cm³/mol. The molecule has 0 heterocycles. The van der Waals surface area contributed by atoms with Crippen molar-refractivity contribution in [3.63, 3.8) is 0 Å². The lowest BCUT2D eigenvalue weighted by Gasteiger charge is -2.41. The molecule has 2 N–H and O–H groups in total. The van der Waals surface area contributed by atoms with Gasteiger partial charge in [0.2, 0.25) is 0 Å². The number of carboxylic acids is 2. The Labute approximate surface area is 251 Å². The average molecular weight is 579 g/mol. The topological polar surface area (TPSA) is 101 Å². The van der Waals surface area contributed by atoms with E-state index in [4.69, 9.17) is 4.74 Å². The molecule has 0 saturated heterocycles. The van der Waals surface area contributed by atoms with Crippen molar-refractivity contribution >= 4 is 17.9 Å². The summed E-state index contributed by atoms with van der Waals surface area (Å²) in [4.78, 5) is 39.2. The molecule has 0 bridgehead atoms. The van der Waals surface area contributed by atoms with E-state index in [2.05, 4.69) is 27.7 Å². The normalized spacial score (nSPS) is 20.0. The fraction of sp³-hybridized carbons (Fsp3) is 0.857. The van der Waals surface area contributed by atoms with Gasteiger partial charge in [-0.05, 0) is 61.9 Å². The third-order valence-electron chi connectivity index (χ3n) is 8.70. The molecule has 1 rings (SSSR count). The van der Waals surface area contributed by atoms with Crippen molar-refractivity contribution in [2.75, 3.05) is 6.61 Å². The number of rotatable bonds is 22. The van der Waals surface area contributed by atoms with Crippen molar-refractivity contribution in [1.29, 1.82) is 0 Å². The van der Waals surface area contributed by atoms with Crippen LogP contribution in [0.25, 0.3) is 0 Å². The quantitative estimate of drug-likeness (QED) is 0.0753. The molecular weight excluding hydrogens is 516 g/mol. The molecule has 0 aromatic heterocycles. The number of carboxylic acid groups (broad SMARTS) is 2. The minimum Gasteiger partial charge on any atom is -0.481 e. The molecule has 41 heavy (non-hydrogen) atoms. The molecule has 2 atom stereocenters. The van der Waals surface area contributed by atoms with Gasteiger partial charge < -0.3 is 14.9 Å². The fourth-order valence-electron chi connectivity index (χ4n) is 6.37. The molecule has 0 spiro atoms. The Balaban J connectivity index is 3.32. The van der Waals surface area contributed by atoms with E-state index < -0.39 is 29.2 Å². The van der Waals surface area contributed by atoms with Crippen LogP contribution in [-0.4, -0.2) is 34.7 Å². The molecule has 0 aromatic carbocycles. The SMILES string of the molecule is CC(C)CCCCCCCC(C(=O)OCC(C)C)=C(CCCCCCCC(C)C)C1(C(=O)O)CCCCC1C(=O)O. The van der Waals surface area contributed by atoms with Crippen molar-refractivity contribution in [1.82, 2.24) is 0 Å². The first-order chi connectivity index (χ1) is 19.4. The Hall–Kier alpha value is -1.85. The van der Waals surface area contributed by atoms with Gasteiger partial charge in [0.25, 0.3) is 0 Å². The molecule has 1 fully saturated rings. The molecule has 0 radical (unpaired) electrons. The molecule has 6 nitrogen and oxygen atoms in total. The van der Waals surface area contributed by atoms with Gasteiger partial charge in [0, 0.05) is 5.57 Å². The first-order valence-corrected chi connectivity index (χ1v) is 16.8. The van der Waals surface area contributed by atoms with E-state index in [-0.39, 0.29) is 18.9 Å². The molecule has 1 saturated carbocycles. The summed E-state index contributed by atoms with van der Waals surface area (Å²) in [7, 11) is 0. The summed E-state index contributed by atoms with van der Waals surface area (Å²) in [6.45, 7) is 13.2. The number of carbonyl (C=O) groups excluding carboxylic acids is 1. The van der Waals surface area contributed by atoms with Crippen LogP contribution in [0.2, 0.25) is 0 Å². The van der Waals surface area contributed by atoms with Crippen LogP contribution in [0, 0.1) is 29.1 Å². The first kappa shape index (κ1) is 37.2. The summed E-state index contributed by atoms with van der Waals surface area (Å²) in [5, 5.41) is 20.9. The minimum absolute atomic E-state index is 0.158. The average Bonchev–Trinajstić information content (AvgIpc) is 2.90. The summed E-state index contributed by atoms with van der Waals surface area (Å²) in [5.74, 6) is -2.10. The van der Waals surface area contributed by atoms with Crippen LogP contribution in [0.3, 0.4) is 0 Å². The molecule has 238 valence electrons. The van der Waals surface area contributed by atoms with Gasteiger partial charge in [-0.3, -0.25) is 9.59 Å². The second kappa shape index (κ2) is 20.1. The minimum atomic E-state index is -1.55. The van der Waals surface area contributed by atoms with Crippen LogP contribution in [0.15, 0.2) is 11.1 Å². The van der Waals surface area contributed by atoms with E-state index >= 15 is 0 Å². The zero-order valence-corrected chi connectivity index (χ0v) is 27.3. The van der Waals surface area contributed by atoms with E-state index in [1.54, 1.807) is 0 Å². The molecular formula is C35H62O6. The standard InChI is InChI=1S/C35H62O6/c1-26(2)19-13-9-7-11-15-21-29(33(38)41-25-28(5)6)30(22-16-12-8-10-14-20-27(3)4)35(34(39)40)24-18-17-23-31(35)32(36)37/h26-28,31H,7-25H2,1-6H3,(H,36,37)(H,39,40). The van der Waals surface area contributed by atoms with Gasteiger partial charge in [-0.15, -0.1) is 0 Å². The Morgan fingerprint density at radius 1 is 0.707 bits per heavy atom. The Morgan fingerprint density at radius 2 is 1.22 bits per heavy atom. The summed E-state index contributed by atoms with van der Waals surface area (Å²) in [6, 6.07) is 0. The highest BCUT2D eigenvalue weighted by atomic mass is 16.5. The number of esters is 1. The smallest absolute Gasteiger partial charge is 0.333 e. The summed E-state index contributed by atoms with van der Waals surface area (Å²) in [5.41, 5.74) is -0.554. The lowest BCUT2D eigenvalue weighted by Crippen LogP contribution is -2.47. The Morgan fingerprint density at radius 3 is 1.71 bits per heavy atom. The maximum absolute atomic E-state index is 13.6. The van der Waals surface area contributed by atoms with Crippen LogP contribution in [0.1, 0.15) is 157 Å². The molecule has 0 aliphatic heterocycles. The summed E-state index contributed by atoms with van der Waals surface area (Å²) < 4.78 is 5.72. The summed E-state index contributed by atoms with van der Waals surface area (Å²) in [6.07, 6.45) is 15.5. The van der Waals surface area contributed by atoms with Gasteiger partial charge in [0.05, 0.1) is 12.5 Å².